The molecule has 0 aliphatic carbocycles. The Kier molecular flexibility index (Phi) is 6.15. The van der Waals surface area contributed by atoms with Crippen molar-refractivity contribution in [1.29, 1.82) is 0 Å². The van der Waals surface area contributed by atoms with Crippen LogP contribution in [0.1, 0.15) is 0 Å². The summed E-state index contributed by atoms with van der Waals surface area (Å²) in [6, 6.07) is 59.7. The molecule has 0 amide bonds. The van der Waals surface area contributed by atoms with E-state index in [9.17, 15) is 0 Å². The molecule has 0 aliphatic heterocycles. The van der Waals surface area contributed by atoms with Crippen LogP contribution in [0.15, 0.2) is 170 Å². The van der Waals surface area contributed by atoms with Crippen LogP contribution in [0.3, 0.4) is 0 Å². The Labute approximate surface area is 282 Å². The average molecular weight is 625 g/mol. The summed E-state index contributed by atoms with van der Waals surface area (Å²) in [7, 11) is 0. The van der Waals surface area contributed by atoms with Gasteiger partial charge in [-0.05, 0) is 57.3 Å². The van der Waals surface area contributed by atoms with Crippen LogP contribution in [-0.4, -0.2) is 19.5 Å². The molecule has 0 saturated carbocycles. The van der Waals surface area contributed by atoms with Crippen LogP contribution in [0.2, 0.25) is 0 Å². The molecule has 49 heavy (non-hydrogen) atoms. The summed E-state index contributed by atoms with van der Waals surface area (Å²) < 4.78 is 2.38. The summed E-state index contributed by atoms with van der Waals surface area (Å²) in [5.74, 6) is 1.95. The van der Waals surface area contributed by atoms with Crippen LogP contribution in [0.4, 0.5) is 0 Å². The second-order valence-corrected chi connectivity index (χ2v) is 12.4. The van der Waals surface area contributed by atoms with Crippen LogP contribution in [-0.2, 0) is 0 Å². The molecule has 0 aliphatic rings. The Morgan fingerprint density at radius 1 is 0.327 bits per heavy atom. The fraction of sp³-hybridized carbons (Fsp3) is 0. The summed E-state index contributed by atoms with van der Waals surface area (Å²) in [6.45, 7) is 0. The molecule has 0 fully saturated rings. The molecule has 228 valence electrons. The van der Waals surface area contributed by atoms with Gasteiger partial charge < -0.3 is 4.57 Å². The Bertz CT molecular complexity index is 2830. The highest BCUT2D eigenvalue weighted by Crippen LogP contribution is 2.39. The number of nitrogens with zero attached hydrogens (tertiary/aromatic N) is 4. The van der Waals surface area contributed by atoms with Crippen molar-refractivity contribution in [2.24, 2.45) is 0 Å². The predicted octanol–water partition coefficient (Wildman–Crippen LogP) is 11.4. The van der Waals surface area contributed by atoms with Gasteiger partial charge in [-0.1, -0.05) is 140 Å². The van der Waals surface area contributed by atoms with E-state index in [2.05, 4.69) is 156 Å². The molecular formula is C45H28N4. The first-order chi connectivity index (χ1) is 24.3. The van der Waals surface area contributed by atoms with Gasteiger partial charge in [-0.25, -0.2) is 15.0 Å². The van der Waals surface area contributed by atoms with Crippen LogP contribution < -0.4 is 0 Å². The van der Waals surface area contributed by atoms with E-state index < -0.39 is 0 Å². The summed E-state index contributed by atoms with van der Waals surface area (Å²) in [5.41, 5.74) is 6.38. The van der Waals surface area contributed by atoms with Gasteiger partial charge in [0.1, 0.15) is 0 Å². The lowest BCUT2D eigenvalue weighted by Gasteiger charge is -2.15. The number of aromatic nitrogens is 4. The molecule has 4 nitrogen and oxygen atoms in total. The number of hydrogen-bond donors (Lipinski definition) is 0. The van der Waals surface area contributed by atoms with Gasteiger partial charge in [0.05, 0.1) is 16.7 Å². The number of para-hydroxylation sites is 2. The molecule has 8 aromatic carbocycles. The van der Waals surface area contributed by atoms with Gasteiger partial charge in [-0.15, -0.1) is 0 Å². The van der Waals surface area contributed by atoms with Gasteiger partial charge in [0.2, 0.25) is 0 Å². The number of hydrogen-bond acceptors (Lipinski definition) is 3. The molecule has 0 spiro atoms. The minimum absolute atomic E-state index is 0.645. The molecule has 10 aromatic rings. The quantitative estimate of drug-likeness (QED) is 0.183. The van der Waals surface area contributed by atoms with Crippen molar-refractivity contribution in [3.8, 4) is 39.9 Å². The summed E-state index contributed by atoms with van der Waals surface area (Å²) in [5, 5.41) is 9.36. The molecule has 0 atom stereocenters. The lowest BCUT2D eigenvalue weighted by atomic mass is 9.96. The second kappa shape index (κ2) is 11.0. The SMILES string of the molecule is c1ccc(-c2nc(-c3ccc(-n4c5ccccc5c5ccccc54)c4ccccc34)nc(-c3cc4ccccc4c4ccccc34)n2)cc1. The molecule has 0 N–H and O–H groups in total. The smallest absolute Gasteiger partial charge is 0.164 e. The number of benzene rings is 8. The van der Waals surface area contributed by atoms with Crippen molar-refractivity contribution in [1.82, 2.24) is 19.5 Å². The zero-order valence-electron chi connectivity index (χ0n) is 26.5. The van der Waals surface area contributed by atoms with Gasteiger partial charge in [0.25, 0.3) is 0 Å². The first-order valence-corrected chi connectivity index (χ1v) is 16.5. The first-order valence-electron chi connectivity index (χ1n) is 16.5. The zero-order valence-corrected chi connectivity index (χ0v) is 26.5. The van der Waals surface area contributed by atoms with E-state index in [1.807, 2.05) is 18.2 Å². The average Bonchev–Trinajstić information content (AvgIpc) is 3.51. The van der Waals surface area contributed by atoms with E-state index in [1.165, 1.54) is 32.6 Å². The van der Waals surface area contributed by atoms with Crippen molar-refractivity contribution in [3.63, 3.8) is 0 Å². The fourth-order valence-electron chi connectivity index (χ4n) is 7.43. The summed E-state index contributed by atoms with van der Waals surface area (Å²) in [6.07, 6.45) is 0. The van der Waals surface area contributed by atoms with Crippen LogP contribution in [0.5, 0.6) is 0 Å². The van der Waals surface area contributed by atoms with Crippen LogP contribution >= 0.6 is 0 Å². The van der Waals surface area contributed by atoms with E-state index in [4.69, 9.17) is 15.0 Å². The third-order valence-corrected chi connectivity index (χ3v) is 9.64. The van der Waals surface area contributed by atoms with E-state index in [-0.39, 0.29) is 0 Å². The monoisotopic (exact) mass is 624 g/mol. The normalized spacial score (nSPS) is 11.7. The van der Waals surface area contributed by atoms with Crippen molar-refractivity contribution in [2.75, 3.05) is 0 Å². The van der Waals surface area contributed by atoms with Crippen molar-refractivity contribution >= 4 is 54.1 Å². The van der Waals surface area contributed by atoms with Crippen LogP contribution in [0, 0.1) is 0 Å². The Balaban J connectivity index is 1.25. The highest BCUT2D eigenvalue weighted by molar-refractivity contribution is 6.14. The van der Waals surface area contributed by atoms with Gasteiger partial charge in [0.15, 0.2) is 17.5 Å². The third-order valence-electron chi connectivity index (χ3n) is 9.64. The number of rotatable bonds is 4. The molecule has 4 heteroatoms. The minimum Gasteiger partial charge on any atom is -0.309 e. The van der Waals surface area contributed by atoms with E-state index in [0.717, 1.165) is 43.9 Å². The first kappa shape index (κ1) is 27.5. The second-order valence-electron chi connectivity index (χ2n) is 12.4. The van der Waals surface area contributed by atoms with Gasteiger partial charge >= 0.3 is 0 Å². The number of fused-ring (bicyclic) bond motifs is 7. The largest absolute Gasteiger partial charge is 0.309 e. The van der Waals surface area contributed by atoms with Crippen LogP contribution in [0.25, 0.3) is 94.0 Å². The molecule has 0 bridgehead atoms. The Morgan fingerprint density at radius 3 is 1.51 bits per heavy atom. The predicted molar refractivity (Wildman–Crippen MR) is 203 cm³/mol. The third kappa shape index (κ3) is 4.35. The summed E-state index contributed by atoms with van der Waals surface area (Å²) >= 11 is 0. The molecule has 2 heterocycles. The van der Waals surface area contributed by atoms with E-state index >= 15 is 0 Å². The standard InChI is InChI=1S/C45H28N4/c1-2-14-29(15-3-1)43-46-44(48-45(47-43)39-28-30-16-4-5-17-31(30)32-18-6-7-19-33(32)39)38-26-27-42(35-21-9-8-20-34(35)38)49-40-24-12-10-22-36(40)37-23-11-13-25-41(37)49/h1-28H. The van der Waals surface area contributed by atoms with Gasteiger partial charge in [0, 0.05) is 32.8 Å². The van der Waals surface area contributed by atoms with E-state index in [0.29, 0.717) is 17.5 Å². The fourth-order valence-corrected chi connectivity index (χ4v) is 7.43. The Hall–Kier alpha value is -6.65. The van der Waals surface area contributed by atoms with E-state index in [1.54, 1.807) is 0 Å². The van der Waals surface area contributed by atoms with Gasteiger partial charge in [-0.2, -0.15) is 0 Å². The van der Waals surface area contributed by atoms with Crippen molar-refractivity contribution in [2.45, 2.75) is 0 Å². The molecule has 10 rings (SSSR count). The Morgan fingerprint density at radius 2 is 0.816 bits per heavy atom. The lowest BCUT2D eigenvalue weighted by molar-refractivity contribution is 1.08. The summed E-state index contributed by atoms with van der Waals surface area (Å²) in [4.78, 5) is 15.6. The molecular weight excluding hydrogens is 597 g/mol. The lowest BCUT2D eigenvalue weighted by Crippen LogP contribution is -2.02. The highest BCUT2D eigenvalue weighted by atomic mass is 15.0. The maximum Gasteiger partial charge on any atom is 0.164 e. The maximum absolute atomic E-state index is 5.27. The molecule has 0 radical (unpaired) electrons. The van der Waals surface area contributed by atoms with Crippen molar-refractivity contribution in [3.05, 3.63) is 170 Å². The highest BCUT2D eigenvalue weighted by Gasteiger charge is 2.19. The zero-order chi connectivity index (χ0) is 32.3. The topological polar surface area (TPSA) is 43.6 Å². The van der Waals surface area contributed by atoms with Crippen molar-refractivity contribution < 1.29 is 0 Å². The molecule has 0 saturated heterocycles. The van der Waals surface area contributed by atoms with Gasteiger partial charge in [-0.3, -0.25) is 0 Å². The molecule has 0 unspecified atom stereocenters. The minimum atomic E-state index is 0.645. The maximum atomic E-state index is 5.27. The molecule has 2 aromatic heterocycles.